The minimum atomic E-state index is -1.25. The van der Waals surface area contributed by atoms with E-state index < -0.39 is 6.09 Å². The minimum Gasteiger partial charge on any atom is -0.465 e. The Balaban J connectivity index is 1.79. The molecule has 2 fully saturated rings. The van der Waals surface area contributed by atoms with Crippen LogP contribution >= 0.6 is 0 Å². The van der Waals surface area contributed by atoms with Crippen LogP contribution < -0.4 is 5.32 Å². The number of amides is 2. The van der Waals surface area contributed by atoms with Crippen LogP contribution in [0.2, 0.25) is 0 Å². The third-order valence-corrected chi connectivity index (χ3v) is 3.90. The van der Waals surface area contributed by atoms with Gasteiger partial charge >= 0.3 is 6.09 Å². The van der Waals surface area contributed by atoms with E-state index >= 15 is 0 Å². The van der Waals surface area contributed by atoms with Crippen LogP contribution in [-0.4, -0.2) is 41.1 Å². The zero-order chi connectivity index (χ0) is 12.3. The van der Waals surface area contributed by atoms with Crippen molar-refractivity contribution in [2.75, 3.05) is 13.1 Å². The predicted molar refractivity (Wildman–Crippen MR) is 62.7 cm³/mol. The Kier molecular flexibility index (Phi) is 3.99. The second-order valence-electron chi connectivity index (χ2n) is 5.13. The van der Waals surface area contributed by atoms with E-state index in [-0.39, 0.29) is 5.91 Å². The van der Waals surface area contributed by atoms with Gasteiger partial charge in [0.15, 0.2) is 0 Å². The molecule has 2 aliphatic rings. The first-order valence-electron chi connectivity index (χ1n) is 6.42. The molecule has 2 aliphatic heterocycles. The van der Waals surface area contributed by atoms with Crippen LogP contribution in [0.5, 0.6) is 0 Å². The fourth-order valence-electron chi connectivity index (χ4n) is 3.09. The highest BCUT2D eigenvalue weighted by Gasteiger charge is 2.31. The summed E-state index contributed by atoms with van der Waals surface area (Å²) in [7, 11) is 0. The Bertz CT molecular complexity index is 306. The second-order valence-corrected chi connectivity index (χ2v) is 5.13. The second kappa shape index (κ2) is 5.49. The standard InChI is InChI=1S/C12H20N2O3/c15-11(13-12(16)17)8-9-4-6-14-5-2-1-3-10(14)7-9/h9-10H,1-8H2,(H,13,15)(H,16,17). The summed E-state index contributed by atoms with van der Waals surface area (Å²) in [6.45, 7) is 2.26. The molecule has 0 radical (unpaired) electrons. The monoisotopic (exact) mass is 240 g/mol. The van der Waals surface area contributed by atoms with Gasteiger partial charge in [0.2, 0.25) is 5.91 Å². The van der Waals surface area contributed by atoms with Crippen molar-refractivity contribution in [1.82, 2.24) is 10.2 Å². The Labute approximate surface area is 101 Å². The molecule has 2 rings (SSSR count). The lowest BCUT2D eigenvalue weighted by atomic mass is 9.84. The van der Waals surface area contributed by atoms with Crippen LogP contribution in [0.15, 0.2) is 0 Å². The highest BCUT2D eigenvalue weighted by molar-refractivity contribution is 5.90. The minimum absolute atomic E-state index is 0.355. The molecule has 0 aromatic carbocycles. The number of hydrogen-bond donors (Lipinski definition) is 2. The molecule has 0 saturated carbocycles. The largest absolute Gasteiger partial charge is 0.465 e. The van der Waals surface area contributed by atoms with Crippen LogP contribution in [0.4, 0.5) is 4.79 Å². The maximum atomic E-state index is 11.4. The molecule has 0 bridgehead atoms. The van der Waals surface area contributed by atoms with E-state index in [0.29, 0.717) is 18.4 Å². The highest BCUT2D eigenvalue weighted by Crippen LogP contribution is 2.31. The van der Waals surface area contributed by atoms with Gasteiger partial charge in [-0.2, -0.15) is 0 Å². The molecule has 5 heteroatoms. The van der Waals surface area contributed by atoms with Crippen molar-refractivity contribution in [2.24, 2.45) is 5.92 Å². The van der Waals surface area contributed by atoms with E-state index in [1.807, 2.05) is 5.32 Å². The SMILES string of the molecule is O=C(O)NC(=O)CC1CCN2CCCCC2C1. The summed E-state index contributed by atoms with van der Waals surface area (Å²) in [4.78, 5) is 24.2. The van der Waals surface area contributed by atoms with Gasteiger partial charge in [0.25, 0.3) is 0 Å². The number of nitrogens with zero attached hydrogens (tertiary/aromatic N) is 1. The lowest BCUT2D eigenvalue weighted by molar-refractivity contribution is -0.121. The quantitative estimate of drug-likeness (QED) is 0.766. The first kappa shape index (κ1) is 12.4. The topological polar surface area (TPSA) is 69.6 Å². The molecule has 96 valence electrons. The molecule has 2 atom stereocenters. The zero-order valence-electron chi connectivity index (χ0n) is 10.0. The number of piperidine rings is 2. The molecule has 2 saturated heterocycles. The molecule has 2 N–H and O–H groups in total. The van der Waals surface area contributed by atoms with Crippen molar-refractivity contribution in [3.8, 4) is 0 Å². The van der Waals surface area contributed by atoms with Gasteiger partial charge in [-0.05, 0) is 44.7 Å². The first-order valence-corrected chi connectivity index (χ1v) is 6.42. The highest BCUT2D eigenvalue weighted by atomic mass is 16.4. The third-order valence-electron chi connectivity index (χ3n) is 3.90. The normalized spacial score (nSPS) is 29.4. The van der Waals surface area contributed by atoms with Crippen molar-refractivity contribution in [3.63, 3.8) is 0 Å². The summed E-state index contributed by atoms with van der Waals surface area (Å²) < 4.78 is 0. The van der Waals surface area contributed by atoms with E-state index in [1.54, 1.807) is 0 Å². The number of hydrogen-bond acceptors (Lipinski definition) is 3. The maximum Gasteiger partial charge on any atom is 0.411 e. The molecule has 0 spiro atoms. The average molecular weight is 240 g/mol. The van der Waals surface area contributed by atoms with Crippen LogP contribution in [0.3, 0.4) is 0 Å². The summed E-state index contributed by atoms with van der Waals surface area (Å²) in [5.41, 5.74) is 0. The number of carbonyl (C=O) groups is 2. The van der Waals surface area contributed by atoms with Crippen molar-refractivity contribution in [3.05, 3.63) is 0 Å². The van der Waals surface area contributed by atoms with E-state index in [1.165, 1.54) is 25.8 Å². The number of nitrogens with one attached hydrogen (secondary N) is 1. The average Bonchev–Trinajstić information content (AvgIpc) is 2.27. The van der Waals surface area contributed by atoms with Crippen molar-refractivity contribution in [2.45, 2.75) is 44.6 Å². The molecule has 5 nitrogen and oxygen atoms in total. The molecule has 0 aromatic rings. The number of rotatable bonds is 2. The number of imide groups is 1. The first-order chi connectivity index (χ1) is 8.15. The number of fused-ring (bicyclic) bond motifs is 1. The summed E-state index contributed by atoms with van der Waals surface area (Å²) in [5.74, 6) is 0.000425. The molecule has 17 heavy (non-hydrogen) atoms. The predicted octanol–water partition coefficient (Wildman–Crippen LogP) is 1.44. The van der Waals surface area contributed by atoms with Gasteiger partial charge in [0.05, 0.1) is 0 Å². The fourth-order valence-corrected chi connectivity index (χ4v) is 3.09. The smallest absolute Gasteiger partial charge is 0.411 e. The number of carboxylic acid groups (broad SMARTS) is 1. The van der Waals surface area contributed by atoms with E-state index in [9.17, 15) is 9.59 Å². The maximum absolute atomic E-state index is 11.4. The summed E-state index contributed by atoms with van der Waals surface area (Å²) in [6.07, 6.45) is 4.99. The van der Waals surface area contributed by atoms with E-state index in [2.05, 4.69) is 4.90 Å². The Hall–Kier alpha value is -1.10. The van der Waals surface area contributed by atoms with Crippen LogP contribution in [0, 0.1) is 5.92 Å². The lowest BCUT2D eigenvalue weighted by Gasteiger charge is -2.42. The Morgan fingerprint density at radius 3 is 2.82 bits per heavy atom. The van der Waals surface area contributed by atoms with Gasteiger partial charge < -0.3 is 10.0 Å². The molecule has 0 aromatic heterocycles. The fraction of sp³-hybridized carbons (Fsp3) is 0.833. The molecular formula is C12H20N2O3. The Morgan fingerprint density at radius 2 is 2.06 bits per heavy atom. The van der Waals surface area contributed by atoms with Crippen LogP contribution in [0.1, 0.15) is 38.5 Å². The summed E-state index contributed by atoms with van der Waals surface area (Å²) >= 11 is 0. The lowest BCUT2D eigenvalue weighted by Crippen LogP contribution is -2.46. The van der Waals surface area contributed by atoms with Gasteiger partial charge in [-0.15, -0.1) is 0 Å². The van der Waals surface area contributed by atoms with E-state index in [4.69, 9.17) is 5.11 Å². The summed E-state index contributed by atoms with van der Waals surface area (Å²) in [5, 5.41) is 10.4. The molecule has 2 heterocycles. The van der Waals surface area contributed by atoms with Gasteiger partial charge in [0.1, 0.15) is 0 Å². The van der Waals surface area contributed by atoms with Gasteiger partial charge in [0, 0.05) is 12.5 Å². The molecular weight excluding hydrogens is 220 g/mol. The summed E-state index contributed by atoms with van der Waals surface area (Å²) in [6, 6.07) is 0.625. The van der Waals surface area contributed by atoms with Crippen LogP contribution in [-0.2, 0) is 4.79 Å². The number of carbonyl (C=O) groups excluding carboxylic acids is 1. The van der Waals surface area contributed by atoms with Crippen molar-refractivity contribution < 1.29 is 14.7 Å². The molecule has 0 aliphatic carbocycles. The van der Waals surface area contributed by atoms with Crippen molar-refractivity contribution >= 4 is 12.0 Å². The van der Waals surface area contributed by atoms with Gasteiger partial charge in [-0.1, -0.05) is 6.42 Å². The van der Waals surface area contributed by atoms with Crippen molar-refractivity contribution in [1.29, 1.82) is 0 Å². The van der Waals surface area contributed by atoms with Crippen LogP contribution in [0.25, 0.3) is 0 Å². The van der Waals surface area contributed by atoms with Gasteiger partial charge in [-0.3, -0.25) is 10.1 Å². The molecule has 2 amide bonds. The van der Waals surface area contributed by atoms with Gasteiger partial charge in [-0.25, -0.2) is 4.79 Å². The Morgan fingerprint density at radius 1 is 1.24 bits per heavy atom. The third kappa shape index (κ3) is 3.43. The van der Waals surface area contributed by atoms with E-state index in [0.717, 1.165) is 19.4 Å². The zero-order valence-corrected chi connectivity index (χ0v) is 10.0. The molecule has 2 unspecified atom stereocenters.